The molecule has 0 aromatic heterocycles. The number of Topliss-reactive ketones (excluding diaryl/α,β-unsaturated/α-hetero) is 1. The molecule has 3 heteroatoms. The van der Waals surface area contributed by atoms with Crippen LogP contribution in [-0.2, 0) is 4.79 Å². The summed E-state index contributed by atoms with van der Waals surface area (Å²) in [5.74, 6) is 1.57. The summed E-state index contributed by atoms with van der Waals surface area (Å²) in [5.41, 5.74) is 1.48. The number of hydrogen-bond acceptors (Lipinski definition) is 3. The Morgan fingerprint density at radius 3 is 2.21 bits per heavy atom. The second-order valence-corrected chi connectivity index (χ2v) is 12.6. The summed E-state index contributed by atoms with van der Waals surface area (Å²) in [6, 6.07) is 0.636. The maximum absolute atomic E-state index is 12.5. The second-order valence-electron chi connectivity index (χ2n) is 12.6. The molecule has 5 aliphatic carbocycles. The van der Waals surface area contributed by atoms with E-state index in [1.165, 1.54) is 38.5 Å². The minimum absolute atomic E-state index is 0.0253. The molecule has 0 heterocycles. The lowest BCUT2D eigenvalue weighted by Gasteiger charge is -2.63. The number of carbonyl (C=O) groups excluding carboxylic acids is 1. The number of nitrogens with one attached hydrogen (secondary N) is 1. The number of aliphatic hydroxyl groups excluding tert-OH is 1. The second kappa shape index (κ2) is 5.44. The summed E-state index contributed by atoms with van der Waals surface area (Å²) in [7, 11) is 2.15. The Bertz CT molecular complexity index is 717. The molecule has 0 aliphatic heterocycles. The Morgan fingerprint density at radius 2 is 1.57 bits per heavy atom. The molecule has 5 rings (SSSR count). The van der Waals surface area contributed by atoms with Gasteiger partial charge in [0.25, 0.3) is 0 Å². The van der Waals surface area contributed by atoms with Crippen molar-refractivity contribution in [3.05, 3.63) is 0 Å². The van der Waals surface area contributed by atoms with E-state index in [1.54, 1.807) is 6.92 Å². The van der Waals surface area contributed by atoms with E-state index in [0.29, 0.717) is 28.2 Å². The number of carbonyl (C=O) groups is 1. The molecule has 3 nitrogen and oxygen atoms in total. The fourth-order valence-corrected chi connectivity index (χ4v) is 10.7. The van der Waals surface area contributed by atoms with Crippen molar-refractivity contribution >= 4 is 5.78 Å². The zero-order chi connectivity index (χ0) is 20.3. The number of ketones is 1. The normalized spacial score (nSPS) is 58.9. The lowest BCUT2D eigenvalue weighted by Crippen LogP contribution is -2.59. The minimum atomic E-state index is -0.438. The molecule has 0 saturated heterocycles. The first-order valence-corrected chi connectivity index (χ1v) is 11.9. The van der Waals surface area contributed by atoms with Gasteiger partial charge in [-0.2, -0.15) is 0 Å². The van der Waals surface area contributed by atoms with Crippen LogP contribution in [0.2, 0.25) is 0 Å². The molecule has 2 N–H and O–H groups in total. The van der Waals surface area contributed by atoms with Gasteiger partial charge in [0.1, 0.15) is 5.78 Å². The minimum Gasteiger partial charge on any atom is -0.392 e. The molecule has 0 aromatic carbocycles. The van der Waals surface area contributed by atoms with Crippen molar-refractivity contribution in [3.8, 4) is 0 Å². The van der Waals surface area contributed by atoms with Crippen LogP contribution in [0.25, 0.3) is 0 Å². The van der Waals surface area contributed by atoms with Gasteiger partial charge in [-0.15, -0.1) is 0 Å². The van der Waals surface area contributed by atoms with Gasteiger partial charge < -0.3 is 10.4 Å². The summed E-state index contributed by atoms with van der Waals surface area (Å²) in [5, 5.41) is 14.6. The van der Waals surface area contributed by atoms with Crippen LogP contribution in [0.1, 0.15) is 86.0 Å². The highest BCUT2D eigenvalue weighted by Crippen LogP contribution is 2.88. The first-order chi connectivity index (χ1) is 13.0. The molecule has 0 radical (unpaired) electrons. The monoisotopic (exact) mass is 387 g/mol. The van der Waals surface area contributed by atoms with Crippen molar-refractivity contribution in [1.29, 1.82) is 0 Å². The van der Waals surface area contributed by atoms with Gasteiger partial charge in [0.05, 0.1) is 6.10 Å². The zero-order valence-corrected chi connectivity index (χ0v) is 18.9. The van der Waals surface area contributed by atoms with Crippen LogP contribution in [0.4, 0.5) is 0 Å². The van der Waals surface area contributed by atoms with Crippen molar-refractivity contribution in [2.24, 2.45) is 44.8 Å². The summed E-state index contributed by atoms with van der Waals surface area (Å²) in [6.07, 6.45) is 9.57. The van der Waals surface area contributed by atoms with E-state index in [0.717, 1.165) is 18.8 Å². The number of hydrogen-bond donors (Lipinski definition) is 2. The van der Waals surface area contributed by atoms with Crippen LogP contribution in [0.15, 0.2) is 0 Å². The third-order valence-corrected chi connectivity index (χ3v) is 11.9. The van der Waals surface area contributed by atoms with Gasteiger partial charge in [-0.3, -0.25) is 4.79 Å². The number of aliphatic hydroxyl groups is 1. The standard InChI is InChI=1S/C25H41NO2/c1-15(27)20-16(28)13-23(5)18-8-7-17-21(2,3)19(26-6)9-10-24(17)14-25(18,24)12-11-22(20,23)4/h16-20,26,28H,7-14H2,1-6H3. The molecule has 5 fully saturated rings. The fraction of sp³-hybridized carbons (Fsp3) is 0.960. The van der Waals surface area contributed by atoms with E-state index in [4.69, 9.17) is 0 Å². The molecule has 0 amide bonds. The molecule has 5 saturated carbocycles. The molecular formula is C25H41NO2. The lowest BCUT2D eigenvalue weighted by atomic mass is 9.42. The van der Waals surface area contributed by atoms with E-state index in [-0.39, 0.29) is 22.5 Å². The average Bonchev–Trinajstić information content (AvgIpc) is 3.19. The fourth-order valence-electron chi connectivity index (χ4n) is 10.7. The van der Waals surface area contributed by atoms with Crippen molar-refractivity contribution in [3.63, 3.8) is 0 Å². The van der Waals surface area contributed by atoms with Gasteiger partial charge in [-0.25, -0.2) is 0 Å². The van der Waals surface area contributed by atoms with Crippen LogP contribution < -0.4 is 5.32 Å². The van der Waals surface area contributed by atoms with Crippen molar-refractivity contribution in [2.75, 3.05) is 7.05 Å². The van der Waals surface area contributed by atoms with Crippen LogP contribution in [0.3, 0.4) is 0 Å². The van der Waals surface area contributed by atoms with Gasteiger partial charge in [-0.05, 0) is 104 Å². The maximum Gasteiger partial charge on any atom is 0.136 e. The highest BCUT2D eigenvalue weighted by molar-refractivity contribution is 5.80. The first kappa shape index (κ1) is 19.5. The largest absolute Gasteiger partial charge is 0.392 e. The third kappa shape index (κ3) is 1.89. The number of rotatable bonds is 2. The van der Waals surface area contributed by atoms with E-state index in [1.807, 2.05) is 0 Å². The van der Waals surface area contributed by atoms with Gasteiger partial charge >= 0.3 is 0 Å². The van der Waals surface area contributed by atoms with E-state index in [2.05, 4.69) is 40.1 Å². The highest BCUT2D eigenvalue weighted by Gasteiger charge is 2.82. The van der Waals surface area contributed by atoms with E-state index in [9.17, 15) is 9.90 Å². The predicted octanol–water partition coefficient (Wildman–Crippen LogP) is 4.57. The summed E-state index contributed by atoms with van der Waals surface area (Å²) in [6.45, 7) is 11.6. The van der Waals surface area contributed by atoms with E-state index < -0.39 is 6.10 Å². The molecule has 9 unspecified atom stereocenters. The van der Waals surface area contributed by atoms with Crippen LogP contribution >= 0.6 is 0 Å². The van der Waals surface area contributed by atoms with Gasteiger partial charge in [0, 0.05) is 12.0 Å². The van der Waals surface area contributed by atoms with Crippen LogP contribution in [0, 0.1) is 44.8 Å². The Kier molecular flexibility index (Phi) is 3.80. The maximum atomic E-state index is 12.5. The SMILES string of the molecule is CNC1CCC23CC24CCC2(C)C(C(C)=O)C(O)CC2(C)C4CCC3C1(C)C. The molecule has 5 aliphatic rings. The smallest absolute Gasteiger partial charge is 0.136 e. The number of fused-ring (bicyclic) bond motifs is 2. The van der Waals surface area contributed by atoms with Crippen molar-refractivity contribution in [2.45, 2.75) is 98.1 Å². The average molecular weight is 388 g/mol. The predicted molar refractivity (Wildman–Crippen MR) is 112 cm³/mol. The zero-order valence-electron chi connectivity index (χ0n) is 18.9. The summed E-state index contributed by atoms with van der Waals surface area (Å²) in [4.78, 5) is 12.5. The Labute approximate surface area is 171 Å². The quantitative estimate of drug-likeness (QED) is 0.729. The topological polar surface area (TPSA) is 49.3 Å². The lowest BCUT2D eigenvalue weighted by molar-refractivity contribution is -0.151. The van der Waals surface area contributed by atoms with Gasteiger partial charge in [0.2, 0.25) is 0 Å². The Balaban J connectivity index is 1.54. The molecular weight excluding hydrogens is 346 g/mol. The molecule has 28 heavy (non-hydrogen) atoms. The van der Waals surface area contributed by atoms with Gasteiger partial charge in [-0.1, -0.05) is 27.7 Å². The van der Waals surface area contributed by atoms with Crippen molar-refractivity contribution < 1.29 is 9.90 Å². The third-order valence-electron chi connectivity index (χ3n) is 11.9. The Morgan fingerprint density at radius 1 is 0.929 bits per heavy atom. The highest BCUT2D eigenvalue weighted by atomic mass is 16.3. The molecule has 0 bridgehead atoms. The van der Waals surface area contributed by atoms with Crippen LogP contribution in [0.5, 0.6) is 0 Å². The Hall–Kier alpha value is -0.410. The molecule has 0 aromatic rings. The molecule has 9 atom stereocenters. The summed E-state index contributed by atoms with van der Waals surface area (Å²) < 4.78 is 0. The van der Waals surface area contributed by atoms with E-state index >= 15 is 0 Å². The molecule has 2 spiro atoms. The van der Waals surface area contributed by atoms with Crippen molar-refractivity contribution in [1.82, 2.24) is 5.32 Å². The molecule has 158 valence electrons. The van der Waals surface area contributed by atoms with Gasteiger partial charge in [0.15, 0.2) is 0 Å². The van der Waals surface area contributed by atoms with Crippen LogP contribution in [-0.4, -0.2) is 30.1 Å². The first-order valence-electron chi connectivity index (χ1n) is 11.9. The summed E-state index contributed by atoms with van der Waals surface area (Å²) >= 11 is 0.